The Labute approximate surface area is 148 Å². The van der Waals surface area contributed by atoms with Crippen LogP contribution >= 0.6 is 11.3 Å². The van der Waals surface area contributed by atoms with Gasteiger partial charge < -0.3 is 11.1 Å². The van der Waals surface area contributed by atoms with Gasteiger partial charge in [0, 0.05) is 35.7 Å². The standard InChI is InChI=1S/C19H27N3OS/c1-13(2)22(14(3)4)11-10-21-19(23)18-9-8-17(24-18)15-6-5-7-16(20)12-15/h5-9,12-14H,10-11,20H2,1-4H3,(H,21,23). The zero-order valence-corrected chi connectivity index (χ0v) is 15.7. The van der Waals surface area contributed by atoms with Crippen LogP contribution in [0.5, 0.6) is 0 Å². The fourth-order valence-electron chi connectivity index (χ4n) is 2.81. The zero-order valence-electron chi connectivity index (χ0n) is 14.9. The molecule has 1 heterocycles. The van der Waals surface area contributed by atoms with Crippen LogP contribution < -0.4 is 11.1 Å². The predicted molar refractivity (Wildman–Crippen MR) is 103 cm³/mol. The lowest BCUT2D eigenvalue weighted by atomic mass is 10.2. The maximum atomic E-state index is 12.3. The topological polar surface area (TPSA) is 58.4 Å². The fourth-order valence-corrected chi connectivity index (χ4v) is 3.72. The number of carbonyl (C=O) groups excluding carboxylic acids is 1. The van der Waals surface area contributed by atoms with Gasteiger partial charge in [0.1, 0.15) is 0 Å². The van der Waals surface area contributed by atoms with Crippen molar-refractivity contribution in [2.24, 2.45) is 0 Å². The molecule has 0 aliphatic carbocycles. The van der Waals surface area contributed by atoms with Crippen molar-refractivity contribution < 1.29 is 4.79 Å². The monoisotopic (exact) mass is 345 g/mol. The molecule has 0 saturated heterocycles. The van der Waals surface area contributed by atoms with Crippen molar-refractivity contribution in [3.05, 3.63) is 41.3 Å². The number of hydrogen-bond acceptors (Lipinski definition) is 4. The number of benzene rings is 1. The van der Waals surface area contributed by atoms with Gasteiger partial charge in [0.25, 0.3) is 5.91 Å². The molecule has 3 N–H and O–H groups in total. The van der Waals surface area contributed by atoms with Crippen LogP contribution in [-0.2, 0) is 0 Å². The first-order valence-corrected chi connectivity index (χ1v) is 9.20. The highest BCUT2D eigenvalue weighted by Crippen LogP contribution is 2.29. The number of carbonyl (C=O) groups is 1. The maximum absolute atomic E-state index is 12.3. The fraction of sp³-hybridized carbons (Fsp3) is 0.421. The summed E-state index contributed by atoms with van der Waals surface area (Å²) in [5.74, 6) is -0.0115. The van der Waals surface area contributed by atoms with Crippen molar-refractivity contribution in [1.82, 2.24) is 10.2 Å². The normalized spacial score (nSPS) is 11.5. The Morgan fingerprint density at radius 1 is 1.17 bits per heavy atom. The second-order valence-corrected chi connectivity index (χ2v) is 7.55. The highest BCUT2D eigenvalue weighted by atomic mass is 32.1. The van der Waals surface area contributed by atoms with Crippen LogP contribution in [0.2, 0.25) is 0 Å². The summed E-state index contributed by atoms with van der Waals surface area (Å²) < 4.78 is 0. The first-order chi connectivity index (χ1) is 11.4. The summed E-state index contributed by atoms with van der Waals surface area (Å²) in [6.45, 7) is 10.2. The third kappa shape index (κ3) is 4.82. The smallest absolute Gasteiger partial charge is 0.261 e. The van der Waals surface area contributed by atoms with Gasteiger partial charge in [-0.2, -0.15) is 0 Å². The average Bonchev–Trinajstić information content (AvgIpc) is 3.00. The van der Waals surface area contributed by atoms with Gasteiger partial charge in [0.15, 0.2) is 0 Å². The van der Waals surface area contributed by atoms with Crippen LogP contribution in [0.1, 0.15) is 37.4 Å². The first kappa shape index (κ1) is 18.5. The lowest BCUT2D eigenvalue weighted by Gasteiger charge is -2.30. The molecule has 0 aliphatic rings. The van der Waals surface area contributed by atoms with Gasteiger partial charge in [0.2, 0.25) is 0 Å². The summed E-state index contributed by atoms with van der Waals surface area (Å²) >= 11 is 1.49. The molecule has 4 nitrogen and oxygen atoms in total. The molecule has 5 heteroatoms. The molecule has 0 aliphatic heterocycles. The van der Waals surface area contributed by atoms with Crippen LogP contribution in [0.3, 0.4) is 0 Å². The highest BCUT2D eigenvalue weighted by Gasteiger charge is 2.14. The Hall–Kier alpha value is -1.85. The average molecular weight is 346 g/mol. The predicted octanol–water partition coefficient (Wildman–Crippen LogP) is 3.85. The van der Waals surface area contributed by atoms with E-state index in [1.54, 1.807) is 0 Å². The van der Waals surface area contributed by atoms with E-state index in [9.17, 15) is 4.79 Å². The van der Waals surface area contributed by atoms with E-state index in [1.807, 2.05) is 36.4 Å². The lowest BCUT2D eigenvalue weighted by molar-refractivity contribution is 0.0943. The summed E-state index contributed by atoms with van der Waals surface area (Å²) in [4.78, 5) is 16.5. The number of rotatable bonds is 7. The molecule has 0 saturated carbocycles. The van der Waals surface area contributed by atoms with Crippen LogP contribution in [0.15, 0.2) is 36.4 Å². The number of nitrogens with one attached hydrogen (secondary N) is 1. The van der Waals surface area contributed by atoms with Crippen molar-refractivity contribution in [1.29, 1.82) is 0 Å². The van der Waals surface area contributed by atoms with Gasteiger partial charge in [0.05, 0.1) is 4.88 Å². The van der Waals surface area contributed by atoms with Gasteiger partial charge in [-0.1, -0.05) is 12.1 Å². The van der Waals surface area contributed by atoms with E-state index in [4.69, 9.17) is 5.73 Å². The van der Waals surface area contributed by atoms with Gasteiger partial charge in [-0.15, -0.1) is 11.3 Å². The quantitative estimate of drug-likeness (QED) is 0.750. The van der Waals surface area contributed by atoms with Gasteiger partial charge >= 0.3 is 0 Å². The van der Waals surface area contributed by atoms with Crippen molar-refractivity contribution >= 4 is 22.9 Å². The largest absolute Gasteiger partial charge is 0.399 e. The number of nitrogen functional groups attached to an aromatic ring is 1. The molecule has 24 heavy (non-hydrogen) atoms. The molecular weight excluding hydrogens is 318 g/mol. The van der Waals surface area contributed by atoms with E-state index >= 15 is 0 Å². The minimum Gasteiger partial charge on any atom is -0.399 e. The minimum absolute atomic E-state index is 0.0115. The third-order valence-electron chi connectivity index (χ3n) is 3.98. The highest BCUT2D eigenvalue weighted by molar-refractivity contribution is 7.17. The molecule has 2 aromatic rings. The first-order valence-electron chi connectivity index (χ1n) is 8.38. The maximum Gasteiger partial charge on any atom is 0.261 e. The van der Waals surface area contributed by atoms with Gasteiger partial charge in [-0.05, 0) is 57.5 Å². The second kappa shape index (κ2) is 8.31. The Bertz CT molecular complexity index is 671. The summed E-state index contributed by atoms with van der Waals surface area (Å²) in [7, 11) is 0. The summed E-state index contributed by atoms with van der Waals surface area (Å²) in [5.41, 5.74) is 7.60. The Balaban J connectivity index is 1.94. The molecule has 1 amide bonds. The van der Waals surface area contributed by atoms with Crippen molar-refractivity contribution in [3.63, 3.8) is 0 Å². The molecule has 0 radical (unpaired) electrons. The Kier molecular flexibility index (Phi) is 6.40. The van der Waals surface area contributed by atoms with Crippen molar-refractivity contribution in [3.8, 4) is 10.4 Å². The summed E-state index contributed by atoms with van der Waals surface area (Å²) in [6, 6.07) is 12.5. The van der Waals surface area contributed by atoms with Gasteiger partial charge in [-0.25, -0.2) is 0 Å². The Morgan fingerprint density at radius 2 is 1.88 bits per heavy atom. The number of nitrogens with zero attached hydrogens (tertiary/aromatic N) is 1. The summed E-state index contributed by atoms with van der Waals surface area (Å²) in [5, 5.41) is 3.02. The van der Waals surface area contributed by atoms with Crippen LogP contribution in [0.4, 0.5) is 5.69 Å². The third-order valence-corrected chi connectivity index (χ3v) is 5.12. The Morgan fingerprint density at radius 3 is 2.50 bits per heavy atom. The molecule has 1 aromatic carbocycles. The zero-order chi connectivity index (χ0) is 17.7. The van der Waals surface area contributed by atoms with E-state index in [0.29, 0.717) is 18.6 Å². The van der Waals surface area contributed by atoms with Crippen LogP contribution in [0.25, 0.3) is 10.4 Å². The van der Waals surface area contributed by atoms with E-state index < -0.39 is 0 Å². The number of anilines is 1. The molecule has 0 unspecified atom stereocenters. The van der Waals surface area contributed by atoms with Crippen molar-refractivity contribution in [2.45, 2.75) is 39.8 Å². The molecule has 0 atom stereocenters. The number of nitrogens with two attached hydrogens (primary N) is 1. The second-order valence-electron chi connectivity index (χ2n) is 6.47. The van der Waals surface area contributed by atoms with E-state index in [-0.39, 0.29) is 5.91 Å². The molecule has 1 aromatic heterocycles. The number of hydrogen-bond donors (Lipinski definition) is 2. The van der Waals surface area contributed by atoms with Crippen LogP contribution in [-0.4, -0.2) is 36.0 Å². The molecule has 130 valence electrons. The molecule has 0 bridgehead atoms. The molecule has 0 fully saturated rings. The minimum atomic E-state index is -0.0115. The molecule has 2 rings (SSSR count). The molecule has 0 spiro atoms. The SMILES string of the molecule is CC(C)N(CCNC(=O)c1ccc(-c2cccc(N)c2)s1)C(C)C. The van der Waals surface area contributed by atoms with Crippen LogP contribution in [0, 0.1) is 0 Å². The molecular formula is C19H27N3OS. The number of amides is 1. The summed E-state index contributed by atoms with van der Waals surface area (Å²) in [6.07, 6.45) is 0. The lowest BCUT2D eigenvalue weighted by Crippen LogP contribution is -2.42. The van der Waals surface area contributed by atoms with E-state index in [2.05, 4.69) is 37.9 Å². The van der Waals surface area contributed by atoms with Crippen molar-refractivity contribution in [2.75, 3.05) is 18.8 Å². The van der Waals surface area contributed by atoms with E-state index in [1.165, 1.54) is 11.3 Å². The van der Waals surface area contributed by atoms with E-state index in [0.717, 1.165) is 27.5 Å². The van der Waals surface area contributed by atoms with Gasteiger partial charge in [-0.3, -0.25) is 9.69 Å². The number of thiophene rings is 1.